The van der Waals surface area contributed by atoms with Crippen molar-refractivity contribution in [3.8, 4) is 0 Å². The van der Waals surface area contributed by atoms with Crippen LogP contribution in [0, 0.1) is 0 Å². The van der Waals surface area contributed by atoms with E-state index in [1.807, 2.05) is 0 Å². The summed E-state index contributed by atoms with van der Waals surface area (Å²) in [4.78, 5) is 53.5. The number of halogens is 18. The van der Waals surface area contributed by atoms with Crippen molar-refractivity contribution in [2.45, 2.75) is 101 Å². The first kappa shape index (κ1) is 65.3. The minimum Gasteiger partial charge on any atom is -0.466 e. The van der Waals surface area contributed by atoms with Crippen LogP contribution in [0.4, 0.5) is 100.0 Å². The summed E-state index contributed by atoms with van der Waals surface area (Å²) in [5.74, 6) is -3.59. The van der Waals surface area contributed by atoms with E-state index in [4.69, 9.17) is 9.47 Å². The van der Waals surface area contributed by atoms with Crippen LogP contribution in [0.25, 0.3) is 11.1 Å². The minimum atomic E-state index is -5.39. The van der Waals surface area contributed by atoms with Crippen molar-refractivity contribution in [3.63, 3.8) is 0 Å². The molecule has 0 spiro atoms. The summed E-state index contributed by atoms with van der Waals surface area (Å²) in [5, 5.41) is 23.5. The second-order valence-electron chi connectivity index (χ2n) is 17.7. The first-order chi connectivity index (χ1) is 37.6. The largest absolute Gasteiger partial charge is 0.466 e. The number of esters is 2. The Balaban J connectivity index is 0.000000301. The number of nitrogens with zero attached hydrogens (tertiary/aromatic N) is 2. The summed E-state index contributed by atoms with van der Waals surface area (Å²) in [6.07, 6.45) is -31.9. The highest BCUT2D eigenvalue weighted by atomic mass is 19.4. The van der Waals surface area contributed by atoms with Gasteiger partial charge in [-0.1, -0.05) is 26.0 Å². The molecule has 0 radical (unpaired) electrons. The Hall–Kier alpha value is -7.50. The van der Waals surface area contributed by atoms with Crippen molar-refractivity contribution in [2.24, 2.45) is 0 Å². The van der Waals surface area contributed by atoms with E-state index in [2.05, 4.69) is 9.47 Å². The van der Waals surface area contributed by atoms with Crippen LogP contribution in [0.1, 0.15) is 96.2 Å². The number of rotatable bonds is 10. The molecule has 2 heterocycles. The van der Waals surface area contributed by atoms with E-state index < -0.39 is 151 Å². The molecule has 2 unspecified atom stereocenters. The van der Waals surface area contributed by atoms with Gasteiger partial charge in [0.25, 0.3) is 0 Å². The van der Waals surface area contributed by atoms with Crippen LogP contribution in [0.5, 0.6) is 0 Å². The third-order valence-corrected chi connectivity index (χ3v) is 12.6. The third-order valence-electron chi connectivity index (χ3n) is 12.6. The number of carbonyl (C=O) groups is 4. The fraction of sp³-hybridized carbons (Fsp3) is 0.385. The summed E-state index contributed by atoms with van der Waals surface area (Å²) in [7, 11) is 1.34. The maximum atomic E-state index is 13.7. The number of hydrogen-bond donors (Lipinski definition) is 2. The zero-order chi connectivity index (χ0) is 62.3. The Morgan fingerprint density at radius 3 is 0.890 bits per heavy atom. The number of carbonyl (C=O) groups excluding carboxylic acids is 4. The van der Waals surface area contributed by atoms with Gasteiger partial charge in [0.15, 0.2) is 0 Å². The second-order valence-corrected chi connectivity index (χ2v) is 17.7. The molecule has 448 valence electrons. The summed E-state index contributed by atoms with van der Waals surface area (Å²) >= 11 is 0. The summed E-state index contributed by atoms with van der Waals surface area (Å²) in [6.45, 7) is 5.55. The lowest BCUT2D eigenvalue weighted by atomic mass is 9.77. The van der Waals surface area contributed by atoms with Gasteiger partial charge in [-0.3, -0.25) is 9.80 Å². The number of hydrogen-bond acceptors (Lipinski definition) is 10. The number of ether oxygens (including phenoxy) is 4. The Labute approximate surface area is 452 Å². The second kappa shape index (κ2) is 23.4. The van der Waals surface area contributed by atoms with Crippen LogP contribution in [0.15, 0.2) is 84.9 Å². The standard InChI is InChI=1S/2C26H22F9NO5/c2*1-4-17-12-19(18-11-13(24(27,28)29)6-7-20(18)36(17)22(38)41-5-2)23(39,21(37)40-3)14-8-15(25(30,31)32)10-16(9-14)26(33,34)35/h2*6-12,17,39H,4-5H2,1-3H3/t2*17-,23?/m11/s1. The number of methoxy groups -OCH3 is 2. The molecule has 12 nitrogen and oxygen atoms in total. The molecule has 82 heavy (non-hydrogen) atoms. The Kier molecular flexibility index (Phi) is 18.6. The quantitative estimate of drug-likeness (QED) is 0.0892. The van der Waals surface area contributed by atoms with Gasteiger partial charge in [-0.05, 0) is 99.5 Å². The number of amides is 2. The first-order valence-corrected chi connectivity index (χ1v) is 23.6. The van der Waals surface area contributed by atoms with Gasteiger partial charge >= 0.3 is 61.2 Å². The van der Waals surface area contributed by atoms with E-state index in [0.717, 1.165) is 34.1 Å². The molecular weight excluding hydrogens is 1150 g/mol. The van der Waals surface area contributed by atoms with Crippen molar-refractivity contribution in [2.75, 3.05) is 37.2 Å². The molecule has 0 saturated carbocycles. The van der Waals surface area contributed by atoms with Crippen molar-refractivity contribution >= 4 is 46.6 Å². The van der Waals surface area contributed by atoms with Crippen molar-refractivity contribution in [3.05, 3.63) is 141 Å². The number of benzene rings is 4. The minimum absolute atomic E-state index is 0.0313. The van der Waals surface area contributed by atoms with E-state index in [-0.39, 0.29) is 73.8 Å². The normalized spacial score (nSPS) is 17.3. The molecule has 30 heteroatoms. The van der Waals surface area contributed by atoms with Crippen LogP contribution in [-0.4, -0.2) is 73.9 Å². The van der Waals surface area contributed by atoms with Crippen molar-refractivity contribution < 1.29 is 127 Å². The van der Waals surface area contributed by atoms with Gasteiger partial charge in [0.05, 0.1) is 84.3 Å². The van der Waals surface area contributed by atoms with Crippen LogP contribution in [-0.2, 0) is 76.8 Å². The predicted molar refractivity (Wildman–Crippen MR) is 251 cm³/mol. The monoisotopic (exact) mass is 1200 g/mol. The highest BCUT2D eigenvalue weighted by Gasteiger charge is 2.53. The molecule has 2 amide bonds. The van der Waals surface area contributed by atoms with Crippen molar-refractivity contribution in [1.82, 2.24) is 0 Å². The fourth-order valence-corrected chi connectivity index (χ4v) is 8.82. The summed E-state index contributed by atoms with van der Waals surface area (Å²) in [5.41, 5.74) is -23.6. The molecule has 2 aliphatic rings. The molecular formula is C52H44F18N2O10. The molecule has 4 aromatic carbocycles. The average Bonchev–Trinajstić information content (AvgIpc) is 3.41. The van der Waals surface area contributed by atoms with Crippen LogP contribution < -0.4 is 9.80 Å². The fourth-order valence-electron chi connectivity index (χ4n) is 8.82. The highest BCUT2D eigenvalue weighted by Crippen LogP contribution is 2.52. The molecule has 0 aromatic heterocycles. The smallest absolute Gasteiger partial charge is 0.416 e. The molecule has 0 aliphatic carbocycles. The van der Waals surface area contributed by atoms with E-state index in [9.17, 15) is 108 Å². The highest BCUT2D eigenvalue weighted by molar-refractivity contribution is 6.06. The molecule has 4 atom stereocenters. The number of anilines is 2. The van der Waals surface area contributed by atoms with Gasteiger partial charge in [-0.25, -0.2) is 19.2 Å². The zero-order valence-electron chi connectivity index (χ0n) is 42.9. The lowest BCUT2D eigenvalue weighted by Gasteiger charge is -2.39. The zero-order valence-corrected chi connectivity index (χ0v) is 42.9. The van der Waals surface area contributed by atoms with Gasteiger partial charge in [0, 0.05) is 33.4 Å². The number of aliphatic hydroxyl groups is 2. The van der Waals surface area contributed by atoms with Gasteiger partial charge in [-0.2, -0.15) is 79.0 Å². The Bertz CT molecular complexity index is 2870. The summed E-state index contributed by atoms with van der Waals surface area (Å²) in [6, 6.07) is 1.04. The van der Waals surface area contributed by atoms with E-state index in [0.29, 0.717) is 38.5 Å². The molecule has 2 aliphatic heterocycles. The maximum absolute atomic E-state index is 13.7. The molecule has 6 rings (SSSR count). The lowest BCUT2D eigenvalue weighted by molar-refractivity contribution is -0.158. The van der Waals surface area contributed by atoms with Gasteiger partial charge in [0.1, 0.15) is 0 Å². The Morgan fingerprint density at radius 2 is 0.671 bits per heavy atom. The van der Waals surface area contributed by atoms with E-state index >= 15 is 0 Å². The van der Waals surface area contributed by atoms with E-state index in [1.165, 1.54) is 27.7 Å². The Morgan fingerprint density at radius 1 is 0.415 bits per heavy atom. The molecule has 0 bridgehead atoms. The van der Waals surface area contributed by atoms with Crippen LogP contribution in [0.2, 0.25) is 0 Å². The van der Waals surface area contributed by atoms with Gasteiger partial charge < -0.3 is 29.2 Å². The SMILES string of the molecule is CCOC(=O)N1c2ccc(C(F)(F)F)cc2C(C(O)(C(=O)OC)c2cc(C(F)(F)F)cc(C(F)(F)F)c2)=C[C@H]1CC.CCOC(=O)N1c2ccc(C(F)(F)F)cc2C(C(O)(C(=O)OC)c2cc(C(F)(F)F)cc(C(F)(F)F)c2)=C[C@H]1CC. The number of fused-ring (bicyclic) bond motifs is 2. The van der Waals surface area contributed by atoms with Crippen molar-refractivity contribution in [1.29, 1.82) is 0 Å². The molecule has 2 N–H and O–H groups in total. The maximum Gasteiger partial charge on any atom is 0.416 e. The first-order valence-electron chi connectivity index (χ1n) is 23.6. The summed E-state index contributed by atoms with van der Waals surface area (Å²) < 4.78 is 265. The number of alkyl halides is 18. The topological polar surface area (TPSA) is 152 Å². The average molecular weight is 1200 g/mol. The van der Waals surface area contributed by atoms with Gasteiger partial charge in [0.2, 0.25) is 11.2 Å². The molecule has 4 aromatic rings. The molecule has 0 fully saturated rings. The third kappa shape index (κ3) is 13.1. The lowest BCUT2D eigenvalue weighted by Crippen LogP contribution is -2.46. The van der Waals surface area contributed by atoms with Crippen LogP contribution in [0.3, 0.4) is 0 Å². The van der Waals surface area contributed by atoms with Gasteiger partial charge in [-0.15, -0.1) is 0 Å². The predicted octanol–water partition coefficient (Wildman–Crippen LogP) is 13.9. The molecule has 0 saturated heterocycles. The van der Waals surface area contributed by atoms with E-state index in [1.54, 1.807) is 0 Å². The van der Waals surface area contributed by atoms with Crippen LogP contribution >= 0.6 is 0 Å².